The summed E-state index contributed by atoms with van der Waals surface area (Å²) >= 11 is 0. The van der Waals surface area contributed by atoms with Gasteiger partial charge in [0.25, 0.3) is 0 Å². The third-order valence-electron chi connectivity index (χ3n) is 3.51. The first-order valence-electron chi connectivity index (χ1n) is 6.28. The molecule has 0 spiro atoms. The molecule has 1 aromatic rings. The number of carbonyl (C=O) groups is 1. The molecule has 1 aromatic carbocycles. The summed E-state index contributed by atoms with van der Waals surface area (Å²) in [5.41, 5.74) is 2.15. The Kier molecular flexibility index (Phi) is 3.87. The number of carboxylic acids is 1. The van der Waals surface area contributed by atoms with Crippen LogP contribution in [0.5, 0.6) is 5.75 Å². The second-order valence-electron chi connectivity index (χ2n) is 4.63. The highest BCUT2D eigenvalue weighted by molar-refractivity contribution is 5.68. The Morgan fingerprint density at radius 2 is 2.28 bits per heavy atom. The van der Waals surface area contributed by atoms with Crippen LogP contribution in [0.25, 0.3) is 0 Å². The number of aliphatic hydroxyl groups excluding tert-OH is 1. The summed E-state index contributed by atoms with van der Waals surface area (Å²) in [6.07, 6.45) is 2.01. The molecule has 0 heterocycles. The van der Waals surface area contributed by atoms with Crippen molar-refractivity contribution in [1.29, 1.82) is 0 Å². The third-order valence-corrected chi connectivity index (χ3v) is 3.51. The van der Waals surface area contributed by atoms with E-state index in [1.54, 1.807) is 6.07 Å². The fourth-order valence-corrected chi connectivity index (χ4v) is 2.66. The molecule has 2 rings (SSSR count). The lowest BCUT2D eigenvalue weighted by Crippen LogP contribution is -2.25. The van der Waals surface area contributed by atoms with Gasteiger partial charge in [0, 0.05) is 5.92 Å². The zero-order valence-electron chi connectivity index (χ0n) is 10.4. The number of ether oxygens (including phenoxy) is 1. The van der Waals surface area contributed by atoms with Crippen molar-refractivity contribution in [3.63, 3.8) is 0 Å². The second-order valence-corrected chi connectivity index (χ2v) is 4.63. The van der Waals surface area contributed by atoms with Crippen molar-refractivity contribution in [2.24, 2.45) is 0 Å². The molecule has 0 amide bonds. The van der Waals surface area contributed by atoms with Gasteiger partial charge in [-0.15, -0.1) is 0 Å². The first-order chi connectivity index (χ1) is 8.63. The molecule has 2 atom stereocenters. The van der Waals surface area contributed by atoms with Gasteiger partial charge in [-0.1, -0.05) is 19.1 Å². The number of hydrogen-bond donors (Lipinski definition) is 2. The predicted molar refractivity (Wildman–Crippen MR) is 66.9 cm³/mol. The van der Waals surface area contributed by atoms with Gasteiger partial charge in [0.05, 0.1) is 6.10 Å². The molecule has 0 aliphatic heterocycles. The van der Waals surface area contributed by atoms with Crippen molar-refractivity contribution in [3.8, 4) is 5.75 Å². The van der Waals surface area contributed by atoms with Crippen molar-refractivity contribution >= 4 is 5.97 Å². The molecule has 0 saturated carbocycles. The Bertz CT molecular complexity index is 441. The third kappa shape index (κ3) is 2.48. The van der Waals surface area contributed by atoms with Crippen molar-refractivity contribution in [1.82, 2.24) is 0 Å². The molecule has 0 fully saturated rings. The molecular weight excluding hydrogens is 232 g/mol. The fraction of sp³-hybridized carbons (Fsp3) is 0.500. The summed E-state index contributed by atoms with van der Waals surface area (Å²) < 4.78 is 5.31. The zero-order chi connectivity index (χ0) is 13.1. The summed E-state index contributed by atoms with van der Waals surface area (Å²) in [7, 11) is 0. The van der Waals surface area contributed by atoms with E-state index >= 15 is 0 Å². The minimum Gasteiger partial charge on any atom is -0.482 e. The molecule has 4 nitrogen and oxygen atoms in total. The highest BCUT2D eigenvalue weighted by Crippen LogP contribution is 2.38. The first kappa shape index (κ1) is 12.9. The lowest BCUT2D eigenvalue weighted by Gasteiger charge is -2.30. The maximum Gasteiger partial charge on any atom is 0.341 e. The summed E-state index contributed by atoms with van der Waals surface area (Å²) in [4.78, 5) is 10.5. The van der Waals surface area contributed by atoms with E-state index in [0.717, 1.165) is 24.0 Å². The van der Waals surface area contributed by atoms with Crippen LogP contribution in [0.15, 0.2) is 18.2 Å². The molecule has 1 aliphatic rings. The standard InChI is InChI=1S/C14H18O4/c1-2-9-10-4-3-5-13(18-8-14(16)17)11(10)6-7-12(9)15/h3-5,9,12,15H,2,6-8H2,1H3,(H,16,17)/t9-,12+/m1/s1. The Labute approximate surface area is 106 Å². The van der Waals surface area contributed by atoms with Gasteiger partial charge in [0.2, 0.25) is 0 Å². The van der Waals surface area contributed by atoms with E-state index in [2.05, 4.69) is 0 Å². The van der Waals surface area contributed by atoms with Gasteiger partial charge in [-0.25, -0.2) is 4.79 Å². The smallest absolute Gasteiger partial charge is 0.341 e. The first-order valence-corrected chi connectivity index (χ1v) is 6.28. The number of carboxylic acid groups (broad SMARTS) is 1. The molecule has 98 valence electrons. The van der Waals surface area contributed by atoms with Crippen LogP contribution in [-0.4, -0.2) is 28.9 Å². The molecule has 0 saturated heterocycles. The van der Waals surface area contributed by atoms with Gasteiger partial charge in [-0.2, -0.15) is 0 Å². The maximum atomic E-state index is 10.5. The van der Waals surface area contributed by atoms with E-state index in [9.17, 15) is 9.90 Å². The molecule has 0 aromatic heterocycles. The van der Waals surface area contributed by atoms with E-state index in [1.165, 1.54) is 0 Å². The number of hydrogen-bond acceptors (Lipinski definition) is 3. The summed E-state index contributed by atoms with van der Waals surface area (Å²) in [6, 6.07) is 5.66. The Balaban J connectivity index is 2.29. The van der Waals surface area contributed by atoms with E-state index in [-0.39, 0.29) is 18.6 Å². The highest BCUT2D eigenvalue weighted by Gasteiger charge is 2.28. The van der Waals surface area contributed by atoms with Gasteiger partial charge in [-0.05, 0) is 36.5 Å². The number of aliphatic carboxylic acids is 1. The zero-order valence-corrected chi connectivity index (χ0v) is 10.4. The van der Waals surface area contributed by atoms with Crippen LogP contribution in [-0.2, 0) is 11.2 Å². The Hall–Kier alpha value is -1.55. The van der Waals surface area contributed by atoms with Crippen LogP contribution in [0.1, 0.15) is 36.8 Å². The molecular formula is C14H18O4. The van der Waals surface area contributed by atoms with E-state index in [1.807, 2.05) is 19.1 Å². The van der Waals surface area contributed by atoms with Crippen LogP contribution in [0.2, 0.25) is 0 Å². The lowest BCUT2D eigenvalue weighted by molar-refractivity contribution is -0.139. The Morgan fingerprint density at radius 3 is 2.94 bits per heavy atom. The summed E-state index contributed by atoms with van der Waals surface area (Å²) in [6.45, 7) is 1.73. The minimum atomic E-state index is -0.976. The highest BCUT2D eigenvalue weighted by atomic mass is 16.5. The van der Waals surface area contributed by atoms with Crippen LogP contribution >= 0.6 is 0 Å². The van der Waals surface area contributed by atoms with E-state index < -0.39 is 5.97 Å². The SMILES string of the molecule is CC[C@@H]1c2cccc(OCC(=O)O)c2CC[C@@H]1O. The molecule has 1 aliphatic carbocycles. The van der Waals surface area contributed by atoms with Crippen molar-refractivity contribution in [2.45, 2.75) is 38.2 Å². The Morgan fingerprint density at radius 1 is 1.50 bits per heavy atom. The lowest BCUT2D eigenvalue weighted by atomic mass is 9.79. The summed E-state index contributed by atoms with van der Waals surface area (Å²) in [5, 5.41) is 18.6. The van der Waals surface area contributed by atoms with Gasteiger partial charge in [0.1, 0.15) is 5.75 Å². The van der Waals surface area contributed by atoms with Gasteiger partial charge < -0.3 is 14.9 Å². The van der Waals surface area contributed by atoms with E-state index in [0.29, 0.717) is 12.2 Å². The maximum absolute atomic E-state index is 10.5. The second kappa shape index (κ2) is 5.40. The number of fused-ring (bicyclic) bond motifs is 1. The van der Waals surface area contributed by atoms with Crippen LogP contribution < -0.4 is 4.74 Å². The average molecular weight is 250 g/mol. The quantitative estimate of drug-likeness (QED) is 0.857. The molecule has 18 heavy (non-hydrogen) atoms. The summed E-state index contributed by atoms with van der Waals surface area (Å²) in [5.74, 6) is -0.210. The van der Waals surface area contributed by atoms with Crippen LogP contribution in [0.3, 0.4) is 0 Å². The molecule has 2 N–H and O–H groups in total. The minimum absolute atomic E-state index is 0.127. The van der Waals surface area contributed by atoms with Crippen molar-refractivity contribution < 1.29 is 19.7 Å². The predicted octanol–water partition coefficient (Wildman–Crippen LogP) is 1.95. The molecule has 4 heteroatoms. The molecule has 0 radical (unpaired) electrons. The van der Waals surface area contributed by atoms with Gasteiger partial charge in [-0.3, -0.25) is 0 Å². The van der Waals surface area contributed by atoms with Gasteiger partial charge in [0.15, 0.2) is 6.61 Å². The topological polar surface area (TPSA) is 66.8 Å². The molecule has 0 unspecified atom stereocenters. The molecule has 0 bridgehead atoms. The average Bonchev–Trinajstić information content (AvgIpc) is 2.35. The fourth-order valence-electron chi connectivity index (χ4n) is 2.66. The number of aliphatic hydroxyl groups is 1. The van der Waals surface area contributed by atoms with Crippen molar-refractivity contribution in [3.05, 3.63) is 29.3 Å². The van der Waals surface area contributed by atoms with E-state index in [4.69, 9.17) is 9.84 Å². The van der Waals surface area contributed by atoms with Gasteiger partial charge >= 0.3 is 5.97 Å². The van der Waals surface area contributed by atoms with Crippen molar-refractivity contribution in [2.75, 3.05) is 6.61 Å². The normalized spacial score (nSPS) is 22.3. The number of rotatable bonds is 4. The number of benzene rings is 1. The van der Waals surface area contributed by atoms with Crippen LogP contribution in [0.4, 0.5) is 0 Å². The monoisotopic (exact) mass is 250 g/mol. The van der Waals surface area contributed by atoms with Crippen LogP contribution in [0, 0.1) is 0 Å². The largest absolute Gasteiger partial charge is 0.482 e.